The van der Waals surface area contributed by atoms with Gasteiger partial charge in [0.05, 0.1) is 19.8 Å². The number of amides is 1. The van der Waals surface area contributed by atoms with Gasteiger partial charge in [0.2, 0.25) is 5.16 Å². The topological polar surface area (TPSA) is 83.0 Å². The van der Waals surface area contributed by atoms with E-state index in [1.54, 1.807) is 4.90 Å². The molecular formula is C13H19N3O5S2. The summed E-state index contributed by atoms with van der Waals surface area (Å²) in [5, 5.41) is 0.771. The van der Waals surface area contributed by atoms with Crippen LogP contribution in [0.4, 0.5) is 4.79 Å². The molecule has 2 saturated heterocycles. The fourth-order valence-electron chi connectivity index (χ4n) is 2.20. The van der Waals surface area contributed by atoms with Crippen LogP contribution >= 0.6 is 23.3 Å². The first-order valence-corrected chi connectivity index (χ1v) is 8.94. The van der Waals surface area contributed by atoms with Crippen LogP contribution in [-0.4, -0.2) is 70.9 Å². The predicted molar refractivity (Wildman–Crippen MR) is 84.0 cm³/mol. The second kappa shape index (κ2) is 7.31. The Morgan fingerprint density at radius 2 is 2.26 bits per heavy atom. The highest BCUT2D eigenvalue weighted by Gasteiger charge is 2.33. The minimum Gasteiger partial charge on any atom is -0.466 e. The van der Waals surface area contributed by atoms with Crippen molar-refractivity contribution in [2.24, 2.45) is 0 Å². The van der Waals surface area contributed by atoms with Crippen LogP contribution in [0.3, 0.4) is 0 Å². The zero-order valence-electron chi connectivity index (χ0n) is 13.0. The average Bonchev–Trinajstić information content (AvgIpc) is 3.12. The molecule has 128 valence electrons. The Balaban J connectivity index is 1.45. The van der Waals surface area contributed by atoms with Crippen LogP contribution in [0.2, 0.25) is 0 Å². The molecule has 2 aliphatic rings. The molecule has 0 saturated carbocycles. The summed E-state index contributed by atoms with van der Waals surface area (Å²) in [5.74, 6) is -0.569. The third kappa shape index (κ3) is 4.77. The number of carbonyl (C=O) groups excluding carboxylic acids is 1. The molecule has 1 amide bonds. The predicted octanol–water partition coefficient (Wildman–Crippen LogP) is 1.61. The van der Waals surface area contributed by atoms with Gasteiger partial charge in [0, 0.05) is 36.4 Å². The monoisotopic (exact) mass is 361 g/mol. The highest BCUT2D eigenvalue weighted by molar-refractivity contribution is 8.13. The summed E-state index contributed by atoms with van der Waals surface area (Å²) in [5.41, 5.74) is 0. The summed E-state index contributed by atoms with van der Waals surface area (Å²) in [6, 6.07) is 0. The van der Waals surface area contributed by atoms with Crippen molar-refractivity contribution in [3.05, 3.63) is 0 Å². The van der Waals surface area contributed by atoms with Crippen molar-refractivity contribution in [3.8, 4) is 5.19 Å². The molecule has 23 heavy (non-hydrogen) atoms. The van der Waals surface area contributed by atoms with Gasteiger partial charge in [-0.2, -0.15) is 9.36 Å². The second-order valence-electron chi connectivity index (χ2n) is 5.57. The Hall–Kier alpha value is -0.940. The molecule has 0 N–H and O–H groups in total. The van der Waals surface area contributed by atoms with Crippen LogP contribution in [0.15, 0.2) is 5.16 Å². The van der Waals surface area contributed by atoms with E-state index in [-0.39, 0.29) is 11.3 Å². The minimum absolute atomic E-state index is 0.0630. The highest BCUT2D eigenvalue weighted by atomic mass is 32.2. The van der Waals surface area contributed by atoms with Crippen molar-refractivity contribution >= 4 is 28.5 Å². The standard InChI is InChI=1S/C13H19N3O5S2/c1-13(2)20-8-9(21-13)7-19-11-14-10(15-23-11)22-12(17)16-3-5-18-6-4-16/h9H,3-8H2,1-2H3. The van der Waals surface area contributed by atoms with Crippen molar-refractivity contribution in [2.75, 3.05) is 39.5 Å². The van der Waals surface area contributed by atoms with Gasteiger partial charge in [-0.3, -0.25) is 4.79 Å². The number of aromatic nitrogens is 2. The molecule has 0 radical (unpaired) electrons. The Kier molecular flexibility index (Phi) is 5.37. The van der Waals surface area contributed by atoms with E-state index < -0.39 is 5.79 Å². The number of carbonyl (C=O) groups is 1. The molecule has 1 unspecified atom stereocenters. The first-order chi connectivity index (χ1) is 11.0. The zero-order valence-corrected chi connectivity index (χ0v) is 14.7. The first kappa shape index (κ1) is 16.9. The van der Waals surface area contributed by atoms with Crippen molar-refractivity contribution in [3.63, 3.8) is 0 Å². The largest absolute Gasteiger partial charge is 0.466 e. The van der Waals surface area contributed by atoms with Crippen LogP contribution in [-0.2, 0) is 14.2 Å². The van der Waals surface area contributed by atoms with E-state index in [9.17, 15) is 4.79 Å². The fraction of sp³-hybridized carbons (Fsp3) is 0.769. The van der Waals surface area contributed by atoms with E-state index in [0.717, 1.165) is 23.3 Å². The lowest BCUT2D eigenvalue weighted by molar-refractivity contribution is -0.141. The SMILES string of the molecule is CC1(C)OCC(COc2nc(SC(=O)N3CCOCC3)ns2)O1. The molecular weight excluding hydrogens is 342 g/mol. The molecule has 3 rings (SSSR count). The average molecular weight is 361 g/mol. The molecule has 0 aromatic carbocycles. The number of thioether (sulfide) groups is 1. The van der Waals surface area contributed by atoms with Crippen LogP contribution < -0.4 is 4.74 Å². The number of ether oxygens (including phenoxy) is 4. The highest BCUT2D eigenvalue weighted by Crippen LogP contribution is 2.26. The smallest absolute Gasteiger partial charge is 0.294 e. The summed E-state index contributed by atoms with van der Waals surface area (Å²) >= 11 is 2.14. The normalized spacial score (nSPS) is 23.9. The summed E-state index contributed by atoms with van der Waals surface area (Å²) in [7, 11) is 0. The van der Waals surface area contributed by atoms with Crippen molar-refractivity contribution in [2.45, 2.75) is 30.9 Å². The number of rotatable bonds is 4. The maximum Gasteiger partial charge on any atom is 0.294 e. The van der Waals surface area contributed by atoms with Gasteiger partial charge in [0.1, 0.15) is 12.7 Å². The molecule has 0 spiro atoms. The van der Waals surface area contributed by atoms with Crippen LogP contribution in [0.25, 0.3) is 0 Å². The molecule has 2 fully saturated rings. The van der Waals surface area contributed by atoms with E-state index in [2.05, 4.69) is 9.36 Å². The molecule has 8 nitrogen and oxygen atoms in total. The molecule has 3 heterocycles. The van der Waals surface area contributed by atoms with Crippen molar-refractivity contribution in [1.29, 1.82) is 0 Å². The van der Waals surface area contributed by atoms with Gasteiger partial charge < -0.3 is 23.8 Å². The Bertz CT molecular complexity index is 547. The van der Waals surface area contributed by atoms with Crippen LogP contribution in [0.1, 0.15) is 13.8 Å². The minimum atomic E-state index is -0.569. The van der Waals surface area contributed by atoms with E-state index in [1.807, 2.05) is 13.8 Å². The first-order valence-electron chi connectivity index (χ1n) is 7.35. The maximum atomic E-state index is 12.1. The second-order valence-corrected chi connectivity index (χ2v) is 7.20. The van der Waals surface area contributed by atoms with Gasteiger partial charge in [0.25, 0.3) is 10.4 Å². The summed E-state index contributed by atoms with van der Waals surface area (Å²) in [6.45, 7) is 6.93. The third-order valence-corrected chi connectivity index (χ3v) is 4.84. The summed E-state index contributed by atoms with van der Waals surface area (Å²) < 4.78 is 26.1. The molecule has 2 aliphatic heterocycles. The summed E-state index contributed by atoms with van der Waals surface area (Å²) in [4.78, 5) is 18.0. The zero-order chi connectivity index (χ0) is 16.3. The molecule has 10 heteroatoms. The van der Waals surface area contributed by atoms with Gasteiger partial charge in [-0.1, -0.05) is 0 Å². The Morgan fingerprint density at radius 3 is 2.96 bits per heavy atom. The van der Waals surface area contributed by atoms with Crippen LogP contribution in [0.5, 0.6) is 5.19 Å². The van der Waals surface area contributed by atoms with Crippen LogP contribution in [0, 0.1) is 0 Å². The van der Waals surface area contributed by atoms with E-state index in [0.29, 0.717) is 49.9 Å². The van der Waals surface area contributed by atoms with Gasteiger partial charge in [-0.05, 0) is 13.8 Å². The fourth-order valence-corrected chi connectivity index (χ4v) is 3.56. The van der Waals surface area contributed by atoms with Gasteiger partial charge in [-0.25, -0.2) is 0 Å². The molecule has 1 aromatic heterocycles. The number of morpholine rings is 1. The van der Waals surface area contributed by atoms with E-state index in [4.69, 9.17) is 18.9 Å². The quantitative estimate of drug-likeness (QED) is 0.748. The lowest BCUT2D eigenvalue weighted by Gasteiger charge is -2.25. The van der Waals surface area contributed by atoms with Gasteiger partial charge in [0.15, 0.2) is 5.79 Å². The molecule has 0 aliphatic carbocycles. The van der Waals surface area contributed by atoms with E-state index in [1.165, 1.54) is 0 Å². The maximum absolute atomic E-state index is 12.1. The van der Waals surface area contributed by atoms with Gasteiger partial charge in [-0.15, -0.1) is 0 Å². The molecule has 1 aromatic rings. The lowest BCUT2D eigenvalue weighted by Crippen LogP contribution is -2.38. The van der Waals surface area contributed by atoms with Crippen molar-refractivity contribution < 1.29 is 23.7 Å². The summed E-state index contributed by atoms with van der Waals surface area (Å²) in [6.07, 6.45) is -0.125. The van der Waals surface area contributed by atoms with Crippen molar-refractivity contribution in [1.82, 2.24) is 14.3 Å². The lowest BCUT2D eigenvalue weighted by atomic mass is 10.4. The Labute approximate surface area is 142 Å². The third-order valence-electron chi connectivity index (χ3n) is 3.30. The number of nitrogens with zero attached hydrogens (tertiary/aromatic N) is 3. The van der Waals surface area contributed by atoms with E-state index >= 15 is 0 Å². The number of hydrogen-bond donors (Lipinski definition) is 0. The molecule has 1 atom stereocenters. The molecule has 0 bridgehead atoms. The number of hydrogen-bond acceptors (Lipinski definition) is 9. The Morgan fingerprint density at radius 1 is 1.48 bits per heavy atom. The van der Waals surface area contributed by atoms with Gasteiger partial charge >= 0.3 is 0 Å².